The maximum Gasteiger partial charge on any atom is 0.311 e. The summed E-state index contributed by atoms with van der Waals surface area (Å²) in [4.78, 5) is 59.8. The Morgan fingerprint density at radius 1 is 0.849 bits per heavy atom. The van der Waals surface area contributed by atoms with Crippen molar-refractivity contribution in [2.75, 3.05) is 26.2 Å². The first-order chi connectivity index (χ1) is 23.5. The second-order valence-corrected chi connectivity index (χ2v) is 15.8. The maximum atomic E-state index is 12.3. The van der Waals surface area contributed by atoms with E-state index in [1.165, 1.54) is 0 Å². The maximum absolute atomic E-state index is 12.3. The van der Waals surface area contributed by atoms with Crippen LogP contribution in [-0.2, 0) is 101 Å². The topological polar surface area (TPSA) is 160 Å². The van der Waals surface area contributed by atoms with Crippen LogP contribution < -0.4 is 5.32 Å². The smallest absolute Gasteiger partial charge is 0.311 e. The van der Waals surface area contributed by atoms with Crippen molar-refractivity contribution in [2.24, 2.45) is 22.7 Å². The van der Waals surface area contributed by atoms with E-state index in [9.17, 15) is 34.2 Å². The number of hydrogen-bond donors (Lipinski definition) is 3. The number of carbonyl (C=O) groups excluding carboxylic acids is 3. The van der Waals surface area contributed by atoms with Gasteiger partial charge in [0.1, 0.15) is 11.2 Å². The summed E-state index contributed by atoms with van der Waals surface area (Å²) >= 11 is 0. The van der Waals surface area contributed by atoms with Crippen LogP contribution in [0.15, 0.2) is 36.4 Å². The molecule has 0 unspecified atom stereocenters. The number of esters is 2. The van der Waals surface area contributed by atoms with Crippen LogP contribution in [0.3, 0.4) is 0 Å². The Morgan fingerprint density at radius 3 is 1.74 bits per heavy atom. The van der Waals surface area contributed by atoms with E-state index < -0.39 is 45.9 Å². The Hall–Kier alpha value is -1.88. The van der Waals surface area contributed by atoms with E-state index in [0.717, 1.165) is 23.0 Å². The minimum absolute atomic E-state index is 0. The molecule has 0 bridgehead atoms. The summed E-state index contributed by atoms with van der Waals surface area (Å²) in [5.74, 6) is -2.97. The van der Waals surface area contributed by atoms with Crippen molar-refractivity contribution >= 4 is 30.2 Å². The van der Waals surface area contributed by atoms with Gasteiger partial charge in [-0.1, -0.05) is 27.7 Å². The molecule has 13 heteroatoms. The van der Waals surface area contributed by atoms with Crippen LogP contribution in [-0.4, -0.2) is 82.7 Å². The van der Waals surface area contributed by atoms with Crippen LogP contribution >= 0.6 is 0 Å². The normalized spacial score (nSPS) is 22.3. The molecule has 4 atom stereocenters. The van der Waals surface area contributed by atoms with Gasteiger partial charge in [0.25, 0.3) is 0 Å². The van der Waals surface area contributed by atoms with Gasteiger partial charge >= 0.3 is 23.9 Å². The molecule has 0 spiro atoms. The molecular formula is C40H56N2O9Y2-2. The van der Waals surface area contributed by atoms with E-state index in [0.29, 0.717) is 38.3 Å². The number of carboxylic acids is 2. The molecule has 2 heterocycles. The van der Waals surface area contributed by atoms with Gasteiger partial charge in [0.2, 0.25) is 0 Å². The van der Waals surface area contributed by atoms with Gasteiger partial charge in [-0.2, -0.15) is 29.8 Å². The standard InChI is InChI=1S/C20H28NO4.C12H21NO4.C8H7O.2Y/c1-14-8-6-7-9-16(14)12-21-11-15(2)20(13-21,18(23)24)10-17(22)25-19(3,4)5;1-8-6-13-7-12(8,10(15)16)5-9(14)17-11(2,3)4;1-7-4-2-3-5-8(7)6-9;;/h6-8,15H,10-13H2,1-5H3,(H,23,24);8,13H,5-7H2,1-4H3,(H,15,16);2-4,6H,1H3;;/q-1;;-1;;/t15-,20+;8-,12+;;;/m00.../s1. The number of hydrogen-bond acceptors (Lipinski definition) is 9. The summed E-state index contributed by atoms with van der Waals surface area (Å²) in [6, 6.07) is 17.4. The molecule has 0 saturated carbocycles. The monoisotopic (exact) mass is 886 g/mol. The SMILES string of the molecule is C[C@H]1CNC[C@@]1(CC(=O)OC(C)(C)C)C(=O)O.Cc1ccc[c-]c1C=O.Cc1ccc[c-]c1CN1C[C@H](C)[C@](CC(=O)OC(C)(C)C)(C(=O)O)C1.[Y].[Y]. The second kappa shape index (κ2) is 22.0. The Morgan fingerprint density at radius 2 is 1.34 bits per heavy atom. The molecule has 0 aromatic heterocycles. The number of carbonyl (C=O) groups is 5. The molecule has 2 saturated heterocycles. The molecule has 2 radical (unpaired) electrons. The Kier molecular flexibility index (Phi) is 21.2. The molecule has 2 aromatic rings. The van der Waals surface area contributed by atoms with E-state index in [1.807, 2.05) is 58.0 Å². The van der Waals surface area contributed by atoms with E-state index in [-0.39, 0.29) is 90.1 Å². The zero-order valence-electron chi connectivity index (χ0n) is 33.0. The summed E-state index contributed by atoms with van der Waals surface area (Å²) in [5.41, 5.74) is 0.502. The number of ether oxygens (including phenoxy) is 2. The Balaban J connectivity index is 0.000000835. The molecule has 0 amide bonds. The molecule has 2 aliphatic rings. The predicted molar refractivity (Wildman–Crippen MR) is 193 cm³/mol. The van der Waals surface area contributed by atoms with Crippen molar-refractivity contribution in [1.82, 2.24) is 10.2 Å². The van der Waals surface area contributed by atoms with Gasteiger partial charge in [0.05, 0.1) is 30.0 Å². The van der Waals surface area contributed by atoms with Gasteiger partial charge in [0.15, 0.2) is 0 Å². The summed E-state index contributed by atoms with van der Waals surface area (Å²) in [5, 5.41) is 22.2. The van der Waals surface area contributed by atoms with Gasteiger partial charge in [-0.25, -0.2) is 0 Å². The summed E-state index contributed by atoms with van der Waals surface area (Å²) in [6.07, 6.45) is 0.637. The third kappa shape index (κ3) is 15.6. The number of likely N-dealkylation sites (tertiary alicyclic amines) is 1. The number of nitrogens with one attached hydrogen (secondary N) is 1. The van der Waals surface area contributed by atoms with Crippen LogP contribution in [0, 0.1) is 48.6 Å². The van der Waals surface area contributed by atoms with Crippen molar-refractivity contribution < 1.29 is 109 Å². The van der Waals surface area contributed by atoms with Gasteiger partial charge < -0.3 is 29.8 Å². The number of aldehydes is 1. The Labute approximate surface area is 365 Å². The molecule has 2 fully saturated rings. The van der Waals surface area contributed by atoms with E-state index in [2.05, 4.69) is 22.3 Å². The van der Waals surface area contributed by atoms with Crippen molar-refractivity contribution in [3.63, 3.8) is 0 Å². The molecule has 11 nitrogen and oxygen atoms in total. The number of nitrogens with zero attached hydrogens (tertiary/aromatic N) is 1. The van der Waals surface area contributed by atoms with Crippen LogP contribution in [0.4, 0.5) is 0 Å². The first kappa shape index (κ1) is 51.1. The third-order valence-electron chi connectivity index (χ3n) is 9.21. The average molecular weight is 887 g/mol. The third-order valence-corrected chi connectivity index (χ3v) is 9.21. The van der Waals surface area contributed by atoms with Crippen LogP contribution in [0.1, 0.15) is 95.3 Å². The second-order valence-electron chi connectivity index (χ2n) is 15.8. The van der Waals surface area contributed by atoms with Crippen molar-refractivity contribution in [2.45, 2.75) is 99.8 Å². The molecule has 3 N–H and O–H groups in total. The molecular weight excluding hydrogens is 830 g/mol. The van der Waals surface area contributed by atoms with Crippen molar-refractivity contribution in [3.8, 4) is 0 Å². The zero-order valence-corrected chi connectivity index (χ0v) is 38.7. The average Bonchev–Trinajstić information content (AvgIpc) is 3.52. The molecule has 4 rings (SSSR count). The number of rotatable bonds is 9. The first-order valence-corrected chi connectivity index (χ1v) is 17.3. The molecule has 0 aliphatic carbocycles. The van der Waals surface area contributed by atoms with Crippen molar-refractivity contribution in [1.29, 1.82) is 0 Å². The fourth-order valence-corrected chi connectivity index (χ4v) is 6.25. The van der Waals surface area contributed by atoms with Gasteiger partial charge in [-0.3, -0.25) is 24.1 Å². The summed E-state index contributed by atoms with van der Waals surface area (Å²) in [6.45, 7) is 20.9. The van der Waals surface area contributed by atoms with Crippen molar-refractivity contribution in [3.05, 3.63) is 70.8 Å². The fraction of sp³-hybridized carbons (Fsp3) is 0.575. The minimum atomic E-state index is -1.11. The molecule has 2 aliphatic heterocycles. The Bertz CT molecular complexity index is 1540. The summed E-state index contributed by atoms with van der Waals surface area (Å²) < 4.78 is 10.6. The van der Waals surface area contributed by atoms with E-state index in [1.54, 1.807) is 47.6 Å². The van der Waals surface area contributed by atoms with Crippen LogP contribution in [0.2, 0.25) is 0 Å². The van der Waals surface area contributed by atoms with Gasteiger partial charge in [0, 0.05) is 91.6 Å². The zero-order chi connectivity index (χ0) is 38.8. The molecule has 288 valence electrons. The van der Waals surface area contributed by atoms with Crippen LogP contribution in [0.5, 0.6) is 0 Å². The molecule has 53 heavy (non-hydrogen) atoms. The predicted octanol–water partition coefficient (Wildman–Crippen LogP) is 5.68. The minimum Gasteiger partial charge on any atom is -0.481 e. The fourth-order valence-electron chi connectivity index (χ4n) is 6.25. The molecule has 2 aromatic carbocycles. The van der Waals surface area contributed by atoms with Crippen LogP contribution in [0.25, 0.3) is 0 Å². The number of benzene rings is 2. The quantitative estimate of drug-likeness (QED) is 0.162. The number of aryl methyl sites for hydroxylation is 2. The largest absolute Gasteiger partial charge is 0.481 e. The van der Waals surface area contributed by atoms with Gasteiger partial charge in [-0.05, 0) is 59.9 Å². The first-order valence-electron chi connectivity index (χ1n) is 17.3. The van der Waals surface area contributed by atoms with Gasteiger partial charge in [-0.15, -0.1) is 41.0 Å². The van der Waals surface area contributed by atoms with E-state index >= 15 is 0 Å². The summed E-state index contributed by atoms with van der Waals surface area (Å²) in [7, 11) is 0. The van der Waals surface area contributed by atoms with E-state index in [4.69, 9.17) is 9.47 Å². The number of carboxylic acid groups (broad SMARTS) is 2. The number of aliphatic carboxylic acids is 2.